The van der Waals surface area contributed by atoms with E-state index in [9.17, 15) is 8.42 Å². The molecular weight excluding hydrogens is 242 g/mol. The molecule has 1 heterocycles. The standard InChI is InChI=1S/C9H17N5O2S/c1-3-10-9-12-5-4-8(14-9)11-6-7-13-17(2,15)16/h4-5,13H,3,6-7H2,1-2H3,(H2,10,11,12,14). The highest BCUT2D eigenvalue weighted by Gasteiger charge is 2.00. The minimum absolute atomic E-state index is 0.319. The lowest BCUT2D eigenvalue weighted by atomic mass is 10.5. The third-order valence-corrected chi connectivity index (χ3v) is 2.51. The molecule has 0 radical (unpaired) electrons. The van der Waals surface area contributed by atoms with Gasteiger partial charge in [0.2, 0.25) is 16.0 Å². The summed E-state index contributed by atoms with van der Waals surface area (Å²) in [5.74, 6) is 1.21. The second-order valence-electron chi connectivity index (χ2n) is 3.39. The van der Waals surface area contributed by atoms with Gasteiger partial charge in [-0.1, -0.05) is 0 Å². The number of anilines is 2. The van der Waals surface area contributed by atoms with Crippen LogP contribution in [0.15, 0.2) is 12.3 Å². The van der Waals surface area contributed by atoms with Crippen molar-refractivity contribution in [1.29, 1.82) is 0 Å². The number of hydrogen-bond donors (Lipinski definition) is 3. The molecule has 0 bridgehead atoms. The minimum Gasteiger partial charge on any atom is -0.369 e. The molecule has 17 heavy (non-hydrogen) atoms. The van der Waals surface area contributed by atoms with Gasteiger partial charge >= 0.3 is 0 Å². The lowest BCUT2D eigenvalue weighted by molar-refractivity contribution is 0.589. The van der Waals surface area contributed by atoms with Gasteiger partial charge in [0.05, 0.1) is 6.26 Å². The molecular formula is C9H17N5O2S. The Hall–Kier alpha value is -1.41. The van der Waals surface area contributed by atoms with Gasteiger partial charge in [-0.25, -0.2) is 18.1 Å². The third kappa shape index (κ3) is 6.03. The van der Waals surface area contributed by atoms with Crippen LogP contribution >= 0.6 is 0 Å². The molecule has 0 fully saturated rings. The van der Waals surface area contributed by atoms with Gasteiger partial charge in [0.1, 0.15) is 5.82 Å². The van der Waals surface area contributed by atoms with Crippen molar-refractivity contribution in [3.05, 3.63) is 12.3 Å². The van der Waals surface area contributed by atoms with Crippen LogP contribution < -0.4 is 15.4 Å². The zero-order valence-corrected chi connectivity index (χ0v) is 10.7. The maximum atomic E-state index is 10.8. The van der Waals surface area contributed by atoms with Crippen LogP contribution in [-0.2, 0) is 10.0 Å². The summed E-state index contributed by atoms with van der Waals surface area (Å²) in [6.07, 6.45) is 2.76. The van der Waals surface area contributed by atoms with E-state index in [1.54, 1.807) is 12.3 Å². The smallest absolute Gasteiger partial charge is 0.224 e. The first-order chi connectivity index (χ1) is 8.01. The van der Waals surface area contributed by atoms with Crippen LogP contribution in [0.5, 0.6) is 0 Å². The summed E-state index contributed by atoms with van der Waals surface area (Å²) < 4.78 is 24.0. The maximum Gasteiger partial charge on any atom is 0.224 e. The lowest BCUT2D eigenvalue weighted by Crippen LogP contribution is -2.27. The molecule has 0 aliphatic rings. The van der Waals surface area contributed by atoms with E-state index >= 15 is 0 Å². The van der Waals surface area contributed by atoms with Gasteiger partial charge in [0, 0.05) is 25.8 Å². The highest BCUT2D eigenvalue weighted by molar-refractivity contribution is 7.88. The molecule has 1 aromatic rings. The Morgan fingerprint density at radius 1 is 1.29 bits per heavy atom. The molecule has 96 valence electrons. The van der Waals surface area contributed by atoms with Crippen molar-refractivity contribution >= 4 is 21.8 Å². The van der Waals surface area contributed by atoms with Gasteiger partial charge in [-0.05, 0) is 13.0 Å². The first-order valence-electron chi connectivity index (χ1n) is 5.26. The monoisotopic (exact) mass is 259 g/mol. The van der Waals surface area contributed by atoms with E-state index in [0.29, 0.717) is 24.9 Å². The summed E-state index contributed by atoms with van der Waals surface area (Å²) in [5.41, 5.74) is 0. The molecule has 0 aliphatic heterocycles. The van der Waals surface area contributed by atoms with Crippen molar-refractivity contribution in [3.8, 4) is 0 Å². The predicted octanol–water partition coefficient (Wildman–Crippen LogP) is -0.131. The quantitative estimate of drug-likeness (QED) is 0.590. The fourth-order valence-electron chi connectivity index (χ4n) is 1.13. The molecule has 0 aromatic carbocycles. The fourth-order valence-corrected chi connectivity index (χ4v) is 1.60. The molecule has 8 heteroatoms. The predicted molar refractivity (Wildman–Crippen MR) is 67.5 cm³/mol. The number of rotatable bonds is 7. The summed E-state index contributed by atoms with van der Waals surface area (Å²) in [6, 6.07) is 1.72. The van der Waals surface area contributed by atoms with Crippen LogP contribution in [0, 0.1) is 0 Å². The molecule has 1 rings (SSSR count). The van der Waals surface area contributed by atoms with Crippen LogP contribution in [0.25, 0.3) is 0 Å². The zero-order valence-electron chi connectivity index (χ0n) is 9.90. The van der Waals surface area contributed by atoms with Crippen molar-refractivity contribution in [1.82, 2.24) is 14.7 Å². The molecule has 0 aliphatic carbocycles. The SMILES string of the molecule is CCNc1nccc(NCCNS(C)(=O)=O)n1. The average molecular weight is 259 g/mol. The van der Waals surface area contributed by atoms with Gasteiger partial charge in [-0.2, -0.15) is 4.98 Å². The van der Waals surface area contributed by atoms with Crippen molar-refractivity contribution in [2.45, 2.75) is 6.92 Å². The molecule has 0 amide bonds. The molecule has 0 saturated heterocycles. The van der Waals surface area contributed by atoms with Gasteiger partial charge in [0.15, 0.2) is 0 Å². The Bertz CT molecular complexity index is 448. The molecule has 7 nitrogen and oxygen atoms in total. The first kappa shape index (κ1) is 13.7. The Kier molecular flexibility index (Phi) is 5.11. The third-order valence-electron chi connectivity index (χ3n) is 1.79. The zero-order chi connectivity index (χ0) is 12.7. The van der Waals surface area contributed by atoms with Gasteiger partial charge in [-0.15, -0.1) is 0 Å². The van der Waals surface area contributed by atoms with E-state index in [2.05, 4.69) is 25.3 Å². The van der Waals surface area contributed by atoms with Crippen molar-refractivity contribution in [3.63, 3.8) is 0 Å². The van der Waals surface area contributed by atoms with Gasteiger partial charge < -0.3 is 10.6 Å². The number of nitrogens with zero attached hydrogens (tertiary/aromatic N) is 2. The second-order valence-corrected chi connectivity index (χ2v) is 5.22. The van der Waals surface area contributed by atoms with Crippen molar-refractivity contribution in [2.24, 2.45) is 0 Å². The molecule has 1 aromatic heterocycles. The maximum absolute atomic E-state index is 10.8. The lowest BCUT2D eigenvalue weighted by Gasteiger charge is -2.07. The normalized spacial score (nSPS) is 11.2. The largest absolute Gasteiger partial charge is 0.369 e. The summed E-state index contributed by atoms with van der Waals surface area (Å²) >= 11 is 0. The topological polar surface area (TPSA) is 96.0 Å². The van der Waals surface area contributed by atoms with E-state index in [4.69, 9.17) is 0 Å². The Balaban J connectivity index is 2.38. The highest BCUT2D eigenvalue weighted by atomic mass is 32.2. The van der Waals surface area contributed by atoms with Gasteiger partial charge in [-0.3, -0.25) is 0 Å². The minimum atomic E-state index is -3.13. The fraction of sp³-hybridized carbons (Fsp3) is 0.556. The Morgan fingerprint density at radius 2 is 2.06 bits per heavy atom. The molecule has 0 unspecified atom stereocenters. The number of aromatic nitrogens is 2. The highest BCUT2D eigenvalue weighted by Crippen LogP contribution is 2.04. The van der Waals surface area contributed by atoms with E-state index in [-0.39, 0.29) is 0 Å². The molecule has 0 saturated carbocycles. The summed E-state index contributed by atoms with van der Waals surface area (Å²) in [5, 5.41) is 5.99. The van der Waals surface area contributed by atoms with Gasteiger partial charge in [0.25, 0.3) is 0 Å². The van der Waals surface area contributed by atoms with Crippen molar-refractivity contribution in [2.75, 3.05) is 36.5 Å². The number of sulfonamides is 1. The summed E-state index contributed by atoms with van der Waals surface area (Å²) in [6.45, 7) is 3.49. The van der Waals surface area contributed by atoms with E-state index in [0.717, 1.165) is 12.8 Å². The Morgan fingerprint density at radius 3 is 2.71 bits per heavy atom. The number of hydrogen-bond acceptors (Lipinski definition) is 6. The van der Waals surface area contributed by atoms with Crippen LogP contribution in [0.4, 0.5) is 11.8 Å². The van der Waals surface area contributed by atoms with Crippen LogP contribution in [-0.4, -0.2) is 44.3 Å². The number of nitrogens with one attached hydrogen (secondary N) is 3. The summed E-state index contributed by atoms with van der Waals surface area (Å²) in [4.78, 5) is 8.21. The van der Waals surface area contributed by atoms with E-state index in [1.165, 1.54) is 0 Å². The van der Waals surface area contributed by atoms with Crippen LogP contribution in [0.1, 0.15) is 6.92 Å². The molecule has 0 spiro atoms. The first-order valence-corrected chi connectivity index (χ1v) is 7.16. The van der Waals surface area contributed by atoms with Crippen LogP contribution in [0.3, 0.4) is 0 Å². The van der Waals surface area contributed by atoms with Crippen molar-refractivity contribution < 1.29 is 8.42 Å². The second kappa shape index (κ2) is 6.36. The Labute approximate surface area is 101 Å². The molecule has 3 N–H and O–H groups in total. The van der Waals surface area contributed by atoms with E-state index < -0.39 is 10.0 Å². The molecule has 0 atom stereocenters. The average Bonchev–Trinajstić information content (AvgIpc) is 2.24. The van der Waals surface area contributed by atoms with E-state index in [1.807, 2.05) is 6.92 Å². The van der Waals surface area contributed by atoms with Crippen LogP contribution in [0.2, 0.25) is 0 Å². The summed E-state index contributed by atoms with van der Waals surface area (Å²) in [7, 11) is -3.13.